The van der Waals surface area contributed by atoms with Gasteiger partial charge in [-0.25, -0.2) is 4.39 Å². The van der Waals surface area contributed by atoms with Gasteiger partial charge in [-0.1, -0.05) is 34.1 Å². The summed E-state index contributed by atoms with van der Waals surface area (Å²) in [6, 6.07) is 10.9. The number of hydrogen-bond acceptors (Lipinski definition) is 1. The molecule has 2 aromatic rings. The molecule has 1 atom stereocenters. The monoisotopic (exact) mass is 321 g/mol. The zero-order valence-electron chi connectivity index (χ0n) is 11.1. The van der Waals surface area contributed by atoms with Gasteiger partial charge in [0.15, 0.2) is 0 Å². The Morgan fingerprint density at radius 3 is 2.47 bits per heavy atom. The molecular formula is C16H17BrFN. The Balaban J connectivity index is 2.20. The number of hydrogen-bond donors (Lipinski definition) is 1. The van der Waals surface area contributed by atoms with E-state index in [1.807, 2.05) is 32.0 Å². The van der Waals surface area contributed by atoms with Crippen LogP contribution in [0.25, 0.3) is 0 Å². The molecule has 0 heterocycles. The minimum absolute atomic E-state index is 0.0732. The summed E-state index contributed by atoms with van der Waals surface area (Å²) in [4.78, 5) is 0. The van der Waals surface area contributed by atoms with Gasteiger partial charge < -0.3 is 5.73 Å². The molecule has 3 heteroatoms. The first kappa shape index (κ1) is 14.2. The summed E-state index contributed by atoms with van der Waals surface area (Å²) in [7, 11) is 0. The molecular weight excluding hydrogens is 305 g/mol. The van der Waals surface area contributed by atoms with E-state index in [2.05, 4.69) is 22.0 Å². The molecule has 0 aliphatic rings. The third-order valence-corrected chi connectivity index (χ3v) is 4.24. The Kier molecular flexibility index (Phi) is 4.38. The first-order valence-corrected chi connectivity index (χ1v) is 7.03. The summed E-state index contributed by atoms with van der Waals surface area (Å²) in [6.45, 7) is 3.96. The number of halogens is 2. The van der Waals surface area contributed by atoms with Crippen molar-refractivity contribution in [3.05, 3.63) is 68.9 Å². The van der Waals surface area contributed by atoms with E-state index in [1.54, 1.807) is 6.07 Å². The van der Waals surface area contributed by atoms with Crippen LogP contribution in [0.2, 0.25) is 0 Å². The van der Waals surface area contributed by atoms with Crippen molar-refractivity contribution in [3.8, 4) is 0 Å². The summed E-state index contributed by atoms with van der Waals surface area (Å²) in [5.74, 6) is -0.200. The van der Waals surface area contributed by atoms with Gasteiger partial charge in [0.25, 0.3) is 0 Å². The van der Waals surface area contributed by atoms with Crippen molar-refractivity contribution in [2.75, 3.05) is 0 Å². The molecule has 0 radical (unpaired) electrons. The molecule has 2 N–H and O–H groups in total. The van der Waals surface area contributed by atoms with Gasteiger partial charge in [-0.2, -0.15) is 0 Å². The van der Waals surface area contributed by atoms with E-state index in [-0.39, 0.29) is 11.9 Å². The van der Waals surface area contributed by atoms with Crippen molar-refractivity contribution >= 4 is 15.9 Å². The quantitative estimate of drug-likeness (QED) is 0.888. The molecule has 0 aliphatic heterocycles. The number of nitrogens with two attached hydrogens (primary N) is 1. The summed E-state index contributed by atoms with van der Waals surface area (Å²) in [5, 5.41) is 0. The maximum atomic E-state index is 13.1. The Bertz CT molecular complexity index is 595. The predicted octanol–water partition coefficient (Wildman–Crippen LogP) is 4.45. The molecule has 0 spiro atoms. The summed E-state index contributed by atoms with van der Waals surface area (Å²) in [6.07, 6.45) is 0.715. The SMILES string of the molecule is Cc1cc(C(N)Cc2ccc(F)cc2C)ccc1Br. The van der Waals surface area contributed by atoms with Crippen LogP contribution < -0.4 is 5.73 Å². The minimum Gasteiger partial charge on any atom is -0.324 e. The van der Waals surface area contributed by atoms with Crippen molar-refractivity contribution in [2.24, 2.45) is 5.73 Å². The second-order valence-corrected chi connectivity index (χ2v) is 5.74. The van der Waals surface area contributed by atoms with E-state index in [0.717, 1.165) is 21.2 Å². The molecule has 1 unspecified atom stereocenters. The zero-order valence-corrected chi connectivity index (χ0v) is 12.7. The first-order chi connectivity index (χ1) is 8.97. The Labute approximate surface area is 121 Å². The number of aryl methyl sites for hydroxylation is 2. The number of rotatable bonds is 3. The van der Waals surface area contributed by atoms with Gasteiger partial charge in [-0.15, -0.1) is 0 Å². The van der Waals surface area contributed by atoms with Crippen molar-refractivity contribution in [1.29, 1.82) is 0 Å². The Morgan fingerprint density at radius 2 is 1.84 bits per heavy atom. The molecule has 0 saturated carbocycles. The highest BCUT2D eigenvalue weighted by Crippen LogP contribution is 2.23. The highest BCUT2D eigenvalue weighted by Gasteiger charge is 2.10. The minimum atomic E-state index is -0.200. The summed E-state index contributed by atoms with van der Waals surface area (Å²) >= 11 is 3.48. The van der Waals surface area contributed by atoms with E-state index >= 15 is 0 Å². The fraction of sp³-hybridized carbons (Fsp3) is 0.250. The van der Waals surface area contributed by atoms with Crippen LogP contribution in [0.3, 0.4) is 0 Å². The third kappa shape index (κ3) is 3.43. The van der Waals surface area contributed by atoms with Crippen LogP contribution in [0.15, 0.2) is 40.9 Å². The molecule has 0 bridgehead atoms. The lowest BCUT2D eigenvalue weighted by molar-refractivity contribution is 0.624. The summed E-state index contributed by atoms with van der Waals surface area (Å²) in [5.41, 5.74) is 10.6. The van der Waals surface area contributed by atoms with Crippen molar-refractivity contribution in [1.82, 2.24) is 0 Å². The van der Waals surface area contributed by atoms with Gasteiger partial charge in [-0.3, -0.25) is 0 Å². The molecule has 0 amide bonds. The lowest BCUT2D eigenvalue weighted by Crippen LogP contribution is -2.14. The Hall–Kier alpha value is -1.19. The van der Waals surface area contributed by atoms with E-state index in [4.69, 9.17) is 5.73 Å². The molecule has 1 nitrogen and oxygen atoms in total. The van der Waals surface area contributed by atoms with E-state index in [1.165, 1.54) is 11.6 Å². The molecule has 19 heavy (non-hydrogen) atoms. The standard InChI is InChI=1S/C16H17BrFN/c1-10-8-14(18)5-3-12(10)9-16(19)13-4-6-15(17)11(2)7-13/h3-8,16H,9,19H2,1-2H3. The summed E-state index contributed by atoms with van der Waals surface area (Å²) < 4.78 is 14.2. The van der Waals surface area contributed by atoms with Crippen LogP contribution in [0.4, 0.5) is 4.39 Å². The lowest BCUT2D eigenvalue weighted by Gasteiger charge is -2.15. The first-order valence-electron chi connectivity index (χ1n) is 6.24. The topological polar surface area (TPSA) is 26.0 Å². The van der Waals surface area contributed by atoms with Crippen LogP contribution in [0.1, 0.15) is 28.3 Å². The van der Waals surface area contributed by atoms with Gasteiger partial charge in [-0.05, 0) is 60.7 Å². The fourth-order valence-electron chi connectivity index (χ4n) is 2.14. The third-order valence-electron chi connectivity index (χ3n) is 3.35. The van der Waals surface area contributed by atoms with Crippen LogP contribution >= 0.6 is 15.9 Å². The van der Waals surface area contributed by atoms with Gasteiger partial charge >= 0.3 is 0 Å². The highest BCUT2D eigenvalue weighted by molar-refractivity contribution is 9.10. The van der Waals surface area contributed by atoms with Crippen molar-refractivity contribution in [3.63, 3.8) is 0 Å². The zero-order chi connectivity index (χ0) is 14.0. The van der Waals surface area contributed by atoms with Crippen LogP contribution in [0, 0.1) is 19.7 Å². The molecule has 0 aliphatic carbocycles. The van der Waals surface area contributed by atoms with E-state index in [9.17, 15) is 4.39 Å². The maximum absolute atomic E-state index is 13.1. The van der Waals surface area contributed by atoms with Gasteiger partial charge in [0.05, 0.1) is 0 Å². The second-order valence-electron chi connectivity index (χ2n) is 4.89. The van der Waals surface area contributed by atoms with Gasteiger partial charge in [0, 0.05) is 10.5 Å². The normalized spacial score (nSPS) is 12.5. The molecule has 2 aromatic carbocycles. The van der Waals surface area contributed by atoms with E-state index in [0.29, 0.717) is 6.42 Å². The number of benzene rings is 2. The molecule has 100 valence electrons. The van der Waals surface area contributed by atoms with Crippen LogP contribution in [0.5, 0.6) is 0 Å². The van der Waals surface area contributed by atoms with Crippen molar-refractivity contribution < 1.29 is 4.39 Å². The van der Waals surface area contributed by atoms with E-state index < -0.39 is 0 Å². The van der Waals surface area contributed by atoms with Crippen molar-refractivity contribution in [2.45, 2.75) is 26.3 Å². The molecule has 0 saturated heterocycles. The Morgan fingerprint density at radius 1 is 1.11 bits per heavy atom. The van der Waals surface area contributed by atoms with Crippen LogP contribution in [-0.4, -0.2) is 0 Å². The van der Waals surface area contributed by atoms with Gasteiger partial charge in [0.2, 0.25) is 0 Å². The average Bonchev–Trinajstić information content (AvgIpc) is 2.36. The molecule has 2 rings (SSSR count). The predicted molar refractivity (Wildman–Crippen MR) is 80.6 cm³/mol. The maximum Gasteiger partial charge on any atom is 0.123 e. The molecule has 0 fully saturated rings. The smallest absolute Gasteiger partial charge is 0.123 e. The molecule has 0 aromatic heterocycles. The second kappa shape index (κ2) is 5.85. The van der Waals surface area contributed by atoms with Gasteiger partial charge in [0.1, 0.15) is 5.82 Å². The lowest BCUT2D eigenvalue weighted by atomic mass is 9.96. The van der Waals surface area contributed by atoms with Crippen LogP contribution in [-0.2, 0) is 6.42 Å². The highest BCUT2D eigenvalue weighted by atomic mass is 79.9. The average molecular weight is 322 g/mol. The fourth-order valence-corrected chi connectivity index (χ4v) is 2.39. The largest absolute Gasteiger partial charge is 0.324 e.